The summed E-state index contributed by atoms with van der Waals surface area (Å²) in [5.41, 5.74) is 1.80. The minimum atomic E-state index is -4.30. The zero-order valence-corrected chi connectivity index (χ0v) is 17.4. The first kappa shape index (κ1) is 23.2. The zero-order chi connectivity index (χ0) is 23.5. The van der Waals surface area contributed by atoms with Crippen LogP contribution in [0.15, 0.2) is 49.0 Å². The Kier molecular flexibility index (Phi) is 6.76. The van der Waals surface area contributed by atoms with Crippen molar-refractivity contribution < 1.29 is 22.0 Å². The summed E-state index contributed by atoms with van der Waals surface area (Å²) < 4.78 is 66.1. The molecule has 2 N–H and O–H groups in total. The second kappa shape index (κ2) is 9.33. The SMILES string of the molecule is C=C1NCc2nc(-c3c(F)cccc3F)nc(Nc3ccc(CC(F)(F)F)cc3)c21.CC. The molecule has 9 heteroatoms. The van der Waals surface area contributed by atoms with Crippen molar-refractivity contribution in [3.63, 3.8) is 0 Å². The number of nitrogens with one attached hydrogen (secondary N) is 2. The monoisotopic (exact) mass is 448 g/mol. The molecule has 32 heavy (non-hydrogen) atoms. The molecule has 4 nitrogen and oxygen atoms in total. The molecule has 0 saturated heterocycles. The Morgan fingerprint density at radius 2 is 1.59 bits per heavy atom. The van der Waals surface area contributed by atoms with Gasteiger partial charge < -0.3 is 10.6 Å². The number of rotatable bonds is 4. The molecule has 2 aromatic carbocycles. The average molecular weight is 448 g/mol. The standard InChI is InChI=1S/C21H15F5N4.C2H6/c1-11-17-16(10-27-11)29-20(18-14(22)3-2-4-15(18)23)30-19(17)28-13-7-5-12(6-8-13)9-21(24,25)26;1-2/h2-8,27H,1,9-10H2,(H,28,29,30);1-2H3. The summed E-state index contributed by atoms with van der Waals surface area (Å²) in [6.45, 7) is 8.19. The van der Waals surface area contributed by atoms with E-state index in [4.69, 9.17) is 0 Å². The van der Waals surface area contributed by atoms with Gasteiger partial charge in [-0.25, -0.2) is 18.7 Å². The third-order valence-corrected chi connectivity index (χ3v) is 4.56. The molecule has 168 valence electrons. The van der Waals surface area contributed by atoms with Crippen LogP contribution in [0, 0.1) is 11.6 Å². The summed E-state index contributed by atoms with van der Waals surface area (Å²) in [5, 5.41) is 6.00. The first-order valence-corrected chi connectivity index (χ1v) is 9.92. The highest BCUT2D eigenvalue weighted by atomic mass is 19.4. The van der Waals surface area contributed by atoms with Gasteiger partial charge in [0.15, 0.2) is 5.82 Å². The van der Waals surface area contributed by atoms with Crippen LogP contribution in [-0.2, 0) is 13.0 Å². The molecule has 0 spiro atoms. The summed E-state index contributed by atoms with van der Waals surface area (Å²) in [4.78, 5) is 8.55. The normalized spacial score (nSPS) is 12.5. The Hall–Kier alpha value is -3.49. The van der Waals surface area contributed by atoms with E-state index < -0.39 is 24.2 Å². The molecule has 2 heterocycles. The molecule has 0 unspecified atom stereocenters. The van der Waals surface area contributed by atoms with Crippen molar-refractivity contribution >= 4 is 17.2 Å². The van der Waals surface area contributed by atoms with Gasteiger partial charge in [-0.2, -0.15) is 13.2 Å². The third-order valence-electron chi connectivity index (χ3n) is 4.56. The van der Waals surface area contributed by atoms with Crippen LogP contribution in [0.25, 0.3) is 17.1 Å². The Labute approximate surface area is 182 Å². The lowest BCUT2D eigenvalue weighted by Gasteiger charge is -2.13. The Morgan fingerprint density at radius 3 is 2.19 bits per heavy atom. The van der Waals surface area contributed by atoms with Crippen LogP contribution < -0.4 is 10.6 Å². The van der Waals surface area contributed by atoms with E-state index >= 15 is 0 Å². The van der Waals surface area contributed by atoms with Crippen molar-refractivity contribution in [1.82, 2.24) is 15.3 Å². The van der Waals surface area contributed by atoms with Crippen LogP contribution in [0.4, 0.5) is 33.5 Å². The maximum atomic E-state index is 14.2. The quantitative estimate of drug-likeness (QED) is 0.456. The predicted molar refractivity (Wildman–Crippen MR) is 114 cm³/mol. The highest BCUT2D eigenvalue weighted by Crippen LogP contribution is 2.34. The molecule has 0 fully saturated rings. The van der Waals surface area contributed by atoms with Crippen molar-refractivity contribution in [3.8, 4) is 11.4 Å². The lowest BCUT2D eigenvalue weighted by molar-refractivity contribution is -0.127. The average Bonchev–Trinajstić information content (AvgIpc) is 3.11. The van der Waals surface area contributed by atoms with Crippen molar-refractivity contribution in [2.24, 2.45) is 0 Å². The molecule has 1 aromatic heterocycles. The van der Waals surface area contributed by atoms with Gasteiger partial charge in [-0.3, -0.25) is 0 Å². The van der Waals surface area contributed by atoms with E-state index in [9.17, 15) is 22.0 Å². The molecule has 0 aliphatic carbocycles. The summed E-state index contributed by atoms with van der Waals surface area (Å²) in [5.74, 6) is -1.50. The maximum absolute atomic E-state index is 14.2. The Morgan fingerprint density at radius 1 is 0.969 bits per heavy atom. The van der Waals surface area contributed by atoms with E-state index in [2.05, 4.69) is 27.2 Å². The fourth-order valence-electron chi connectivity index (χ4n) is 3.22. The fraction of sp³-hybridized carbons (Fsp3) is 0.217. The number of nitrogens with zero attached hydrogens (tertiary/aromatic N) is 2. The largest absolute Gasteiger partial charge is 0.393 e. The molecule has 0 bridgehead atoms. The van der Waals surface area contributed by atoms with Crippen LogP contribution >= 0.6 is 0 Å². The number of fused-ring (bicyclic) bond motifs is 1. The summed E-state index contributed by atoms with van der Waals surface area (Å²) >= 11 is 0. The van der Waals surface area contributed by atoms with Crippen molar-refractivity contribution in [2.75, 3.05) is 5.32 Å². The fourth-order valence-corrected chi connectivity index (χ4v) is 3.22. The molecule has 4 rings (SSSR count). The molecular weight excluding hydrogens is 427 g/mol. The highest BCUT2D eigenvalue weighted by Gasteiger charge is 2.28. The second-order valence-corrected chi connectivity index (χ2v) is 6.76. The van der Waals surface area contributed by atoms with Gasteiger partial charge in [0.1, 0.15) is 17.5 Å². The zero-order valence-electron chi connectivity index (χ0n) is 17.4. The number of anilines is 2. The minimum Gasteiger partial charge on any atom is -0.379 e. The highest BCUT2D eigenvalue weighted by molar-refractivity contribution is 5.80. The van der Waals surface area contributed by atoms with E-state index in [1.165, 1.54) is 30.3 Å². The number of aromatic nitrogens is 2. The number of hydrogen-bond donors (Lipinski definition) is 2. The van der Waals surface area contributed by atoms with E-state index in [0.717, 1.165) is 12.1 Å². The summed E-state index contributed by atoms with van der Waals surface area (Å²) in [6, 6.07) is 9.11. The molecule has 1 aliphatic heterocycles. The lowest BCUT2D eigenvalue weighted by Crippen LogP contribution is -2.11. The van der Waals surface area contributed by atoms with Crippen LogP contribution in [-0.4, -0.2) is 16.1 Å². The smallest absolute Gasteiger partial charge is 0.379 e. The molecule has 0 amide bonds. The van der Waals surface area contributed by atoms with Gasteiger partial charge in [0.25, 0.3) is 0 Å². The van der Waals surface area contributed by atoms with E-state index in [1.807, 2.05) is 13.8 Å². The lowest BCUT2D eigenvalue weighted by atomic mass is 10.1. The van der Waals surface area contributed by atoms with Crippen LogP contribution in [0.2, 0.25) is 0 Å². The molecule has 0 saturated carbocycles. The van der Waals surface area contributed by atoms with Crippen molar-refractivity contribution in [3.05, 3.63) is 77.5 Å². The molecule has 1 aliphatic rings. The number of halogens is 5. The van der Waals surface area contributed by atoms with Gasteiger partial charge in [-0.05, 0) is 29.8 Å². The molecule has 3 aromatic rings. The maximum Gasteiger partial charge on any atom is 0.393 e. The molecular formula is C23H21F5N4. The van der Waals surface area contributed by atoms with E-state index in [0.29, 0.717) is 29.2 Å². The summed E-state index contributed by atoms with van der Waals surface area (Å²) in [6.07, 6.45) is -5.34. The van der Waals surface area contributed by atoms with Gasteiger partial charge in [0.05, 0.1) is 29.8 Å². The van der Waals surface area contributed by atoms with Crippen molar-refractivity contribution in [2.45, 2.75) is 33.0 Å². The Balaban J connectivity index is 0.00000141. The first-order chi connectivity index (χ1) is 15.2. The van der Waals surface area contributed by atoms with Gasteiger partial charge in [-0.15, -0.1) is 0 Å². The van der Waals surface area contributed by atoms with Gasteiger partial charge in [-0.1, -0.05) is 38.6 Å². The summed E-state index contributed by atoms with van der Waals surface area (Å²) in [7, 11) is 0. The first-order valence-electron chi connectivity index (χ1n) is 9.92. The van der Waals surface area contributed by atoms with Crippen LogP contribution in [0.1, 0.15) is 30.7 Å². The molecule has 0 atom stereocenters. The third kappa shape index (κ3) is 5.04. The van der Waals surface area contributed by atoms with Crippen LogP contribution in [0.5, 0.6) is 0 Å². The second-order valence-electron chi connectivity index (χ2n) is 6.76. The molecule has 0 radical (unpaired) electrons. The number of alkyl halides is 3. The van der Waals surface area contributed by atoms with E-state index in [-0.39, 0.29) is 22.8 Å². The Bertz CT molecular complexity index is 1100. The predicted octanol–water partition coefficient (Wildman–Crippen LogP) is 6.37. The van der Waals surface area contributed by atoms with Gasteiger partial charge >= 0.3 is 6.18 Å². The topological polar surface area (TPSA) is 49.8 Å². The number of benzene rings is 2. The van der Waals surface area contributed by atoms with Gasteiger partial charge in [0, 0.05) is 11.4 Å². The van der Waals surface area contributed by atoms with E-state index in [1.54, 1.807) is 0 Å². The van der Waals surface area contributed by atoms with Crippen molar-refractivity contribution in [1.29, 1.82) is 0 Å². The van der Waals surface area contributed by atoms with Gasteiger partial charge in [0.2, 0.25) is 0 Å². The number of hydrogen-bond acceptors (Lipinski definition) is 4. The van der Waals surface area contributed by atoms with Crippen LogP contribution in [0.3, 0.4) is 0 Å². The minimum absolute atomic E-state index is 0.112.